The Hall–Kier alpha value is -1.29. The van der Waals surface area contributed by atoms with Crippen molar-refractivity contribution >= 4 is 5.91 Å². The van der Waals surface area contributed by atoms with Gasteiger partial charge in [-0.25, -0.2) is 0 Å². The number of carbonyl (C=O) groups excluding carboxylic acids is 1. The van der Waals surface area contributed by atoms with E-state index in [1.165, 1.54) is 19.3 Å². The van der Waals surface area contributed by atoms with Crippen molar-refractivity contribution < 1.29 is 9.21 Å². The second-order valence-electron chi connectivity index (χ2n) is 6.16. The smallest absolute Gasteiger partial charge is 0.257 e. The molecule has 0 radical (unpaired) electrons. The third-order valence-electron chi connectivity index (χ3n) is 4.35. The summed E-state index contributed by atoms with van der Waals surface area (Å²) in [6.45, 7) is 5.70. The van der Waals surface area contributed by atoms with E-state index in [2.05, 4.69) is 10.2 Å². The number of rotatable bonds is 4. The quantitative estimate of drug-likeness (QED) is 0.919. The number of furan rings is 1. The van der Waals surface area contributed by atoms with Crippen molar-refractivity contribution in [2.45, 2.75) is 58.0 Å². The number of hydrogen-bond donors (Lipinski definition) is 1. The van der Waals surface area contributed by atoms with Crippen LogP contribution in [0.2, 0.25) is 0 Å². The van der Waals surface area contributed by atoms with Crippen LogP contribution in [0.5, 0.6) is 0 Å². The van der Waals surface area contributed by atoms with Crippen LogP contribution in [0.1, 0.15) is 54.0 Å². The lowest BCUT2D eigenvalue weighted by atomic mass is 10.0. The highest BCUT2D eigenvalue weighted by atomic mass is 16.3. The lowest BCUT2D eigenvalue weighted by Crippen LogP contribution is -2.46. The molecule has 1 aromatic heterocycles. The number of hydrogen-bond acceptors (Lipinski definition) is 3. The SMILES string of the molecule is Cc1cc(C(=O)N(CC2CCCCN2)C2CC2)c(C)o1. The van der Waals surface area contributed by atoms with Gasteiger partial charge < -0.3 is 14.6 Å². The van der Waals surface area contributed by atoms with Crippen molar-refractivity contribution in [3.63, 3.8) is 0 Å². The largest absolute Gasteiger partial charge is 0.466 e. The first-order chi connectivity index (χ1) is 9.65. The van der Waals surface area contributed by atoms with Crippen molar-refractivity contribution in [3.8, 4) is 0 Å². The Morgan fingerprint density at radius 3 is 2.70 bits per heavy atom. The zero-order valence-corrected chi connectivity index (χ0v) is 12.4. The number of nitrogens with one attached hydrogen (secondary N) is 1. The topological polar surface area (TPSA) is 45.5 Å². The standard InChI is InChI=1S/C16H24N2O2/c1-11-9-15(12(2)20-11)16(19)18(14-6-7-14)10-13-5-3-4-8-17-13/h9,13-14,17H,3-8,10H2,1-2H3. The van der Waals surface area contributed by atoms with Crippen LogP contribution in [-0.4, -0.2) is 36.0 Å². The van der Waals surface area contributed by atoms with Gasteiger partial charge in [-0.15, -0.1) is 0 Å². The fourth-order valence-corrected chi connectivity index (χ4v) is 3.10. The Labute approximate surface area is 120 Å². The molecule has 1 aliphatic heterocycles. The molecule has 2 heterocycles. The molecule has 2 aliphatic rings. The summed E-state index contributed by atoms with van der Waals surface area (Å²) >= 11 is 0. The fraction of sp³-hybridized carbons (Fsp3) is 0.688. The van der Waals surface area contributed by atoms with Crippen molar-refractivity contribution in [2.24, 2.45) is 0 Å². The molecule has 1 amide bonds. The molecule has 3 rings (SSSR count). The van der Waals surface area contributed by atoms with Gasteiger partial charge in [-0.1, -0.05) is 6.42 Å². The average Bonchev–Trinajstić information content (AvgIpc) is 3.22. The highest BCUT2D eigenvalue weighted by Crippen LogP contribution is 2.30. The average molecular weight is 276 g/mol. The first kappa shape index (κ1) is 13.7. The van der Waals surface area contributed by atoms with Gasteiger partial charge in [-0.3, -0.25) is 4.79 Å². The van der Waals surface area contributed by atoms with E-state index >= 15 is 0 Å². The van der Waals surface area contributed by atoms with E-state index < -0.39 is 0 Å². The molecule has 0 spiro atoms. The monoisotopic (exact) mass is 276 g/mol. The minimum Gasteiger partial charge on any atom is -0.466 e. The minimum absolute atomic E-state index is 0.147. The third kappa shape index (κ3) is 2.90. The highest BCUT2D eigenvalue weighted by molar-refractivity contribution is 5.95. The van der Waals surface area contributed by atoms with E-state index in [4.69, 9.17) is 4.42 Å². The summed E-state index contributed by atoms with van der Waals surface area (Å²) < 4.78 is 5.51. The Kier molecular flexibility index (Phi) is 3.83. The van der Waals surface area contributed by atoms with Gasteiger partial charge in [0.25, 0.3) is 5.91 Å². The summed E-state index contributed by atoms with van der Waals surface area (Å²) in [5.74, 6) is 1.71. The van der Waals surface area contributed by atoms with Crippen LogP contribution in [0.4, 0.5) is 0 Å². The summed E-state index contributed by atoms with van der Waals surface area (Å²) in [5, 5.41) is 3.54. The van der Waals surface area contributed by atoms with Gasteiger partial charge in [-0.05, 0) is 52.1 Å². The van der Waals surface area contributed by atoms with E-state index in [0.29, 0.717) is 12.1 Å². The van der Waals surface area contributed by atoms with Crippen molar-refractivity contribution in [1.82, 2.24) is 10.2 Å². The van der Waals surface area contributed by atoms with E-state index in [0.717, 1.165) is 43.0 Å². The van der Waals surface area contributed by atoms with Crippen LogP contribution in [-0.2, 0) is 0 Å². The molecule has 110 valence electrons. The fourth-order valence-electron chi connectivity index (χ4n) is 3.10. The number of nitrogens with zero attached hydrogens (tertiary/aromatic N) is 1. The van der Waals surface area contributed by atoms with Gasteiger partial charge in [0, 0.05) is 18.6 Å². The van der Waals surface area contributed by atoms with Crippen LogP contribution >= 0.6 is 0 Å². The molecule has 1 saturated carbocycles. The molecule has 1 aromatic rings. The number of piperidine rings is 1. The molecule has 0 bridgehead atoms. The number of amides is 1. The lowest BCUT2D eigenvalue weighted by Gasteiger charge is -2.30. The van der Waals surface area contributed by atoms with Crippen molar-refractivity contribution in [1.29, 1.82) is 0 Å². The maximum Gasteiger partial charge on any atom is 0.257 e. The Bertz CT molecular complexity index is 485. The van der Waals surface area contributed by atoms with Gasteiger partial charge in [0.15, 0.2) is 0 Å². The molecule has 1 aliphatic carbocycles. The van der Waals surface area contributed by atoms with Gasteiger partial charge in [0.05, 0.1) is 5.56 Å². The van der Waals surface area contributed by atoms with Crippen LogP contribution in [0, 0.1) is 13.8 Å². The van der Waals surface area contributed by atoms with Crippen LogP contribution in [0.25, 0.3) is 0 Å². The molecular weight excluding hydrogens is 252 g/mol. The van der Waals surface area contributed by atoms with Crippen LogP contribution < -0.4 is 5.32 Å². The van der Waals surface area contributed by atoms with E-state index in [-0.39, 0.29) is 5.91 Å². The van der Waals surface area contributed by atoms with Crippen molar-refractivity contribution in [2.75, 3.05) is 13.1 Å². The molecule has 2 fully saturated rings. The van der Waals surface area contributed by atoms with Gasteiger partial charge in [0.2, 0.25) is 0 Å². The normalized spacial score (nSPS) is 22.8. The molecule has 1 N–H and O–H groups in total. The summed E-state index contributed by atoms with van der Waals surface area (Å²) in [6, 6.07) is 2.78. The summed E-state index contributed by atoms with van der Waals surface area (Å²) in [4.78, 5) is 14.8. The van der Waals surface area contributed by atoms with Crippen molar-refractivity contribution in [3.05, 3.63) is 23.2 Å². The predicted molar refractivity (Wildman–Crippen MR) is 77.9 cm³/mol. The molecule has 1 saturated heterocycles. The molecule has 20 heavy (non-hydrogen) atoms. The van der Waals surface area contributed by atoms with Gasteiger partial charge in [0.1, 0.15) is 11.5 Å². The Balaban J connectivity index is 1.72. The second-order valence-corrected chi connectivity index (χ2v) is 6.16. The summed E-state index contributed by atoms with van der Waals surface area (Å²) in [6.07, 6.45) is 6.00. The van der Waals surface area contributed by atoms with Crippen LogP contribution in [0.15, 0.2) is 10.5 Å². The summed E-state index contributed by atoms with van der Waals surface area (Å²) in [5.41, 5.74) is 0.741. The van der Waals surface area contributed by atoms with E-state index in [1.807, 2.05) is 19.9 Å². The molecule has 4 heteroatoms. The molecule has 1 atom stereocenters. The third-order valence-corrected chi connectivity index (χ3v) is 4.35. The first-order valence-corrected chi connectivity index (χ1v) is 7.76. The maximum atomic E-state index is 12.8. The van der Waals surface area contributed by atoms with E-state index in [9.17, 15) is 4.79 Å². The molecular formula is C16H24N2O2. The zero-order valence-electron chi connectivity index (χ0n) is 12.4. The molecule has 0 aromatic carbocycles. The highest BCUT2D eigenvalue weighted by Gasteiger charge is 2.35. The minimum atomic E-state index is 0.147. The lowest BCUT2D eigenvalue weighted by molar-refractivity contribution is 0.0716. The van der Waals surface area contributed by atoms with Gasteiger partial charge >= 0.3 is 0 Å². The zero-order chi connectivity index (χ0) is 14.1. The predicted octanol–water partition coefficient (Wildman–Crippen LogP) is 2.64. The maximum absolute atomic E-state index is 12.8. The Morgan fingerprint density at radius 2 is 2.15 bits per heavy atom. The Morgan fingerprint density at radius 1 is 1.35 bits per heavy atom. The number of carbonyl (C=O) groups is 1. The first-order valence-electron chi connectivity index (χ1n) is 7.76. The van der Waals surface area contributed by atoms with Crippen LogP contribution in [0.3, 0.4) is 0 Å². The molecule has 4 nitrogen and oxygen atoms in total. The number of aryl methyl sites for hydroxylation is 2. The summed E-state index contributed by atoms with van der Waals surface area (Å²) in [7, 11) is 0. The molecule has 1 unspecified atom stereocenters. The second kappa shape index (κ2) is 5.60. The van der Waals surface area contributed by atoms with E-state index in [1.54, 1.807) is 0 Å². The van der Waals surface area contributed by atoms with Gasteiger partial charge in [-0.2, -0.15) is 0 Å².